The Morgan fingerprint density at radius 1 is 1.22 bits per heavy atom. The molecule has 0 bridgehead atoms. The normalized spacial score (nSPS) is 15.0. The number of nitrogens with zero attached hydrogens (tertiary/aromatic N) is 2. The Labute approximate surface area is 137 Å². The first-order chi connectivity index (χ1) is 11.1. The van der Waals surface area contributed by atoms with E-state index in [9.17, 15) is 8.42 Å². The molecule has 122 valence electrons. The van der Waals surface area contributed by atoms with Gasteiger partial charge in [-0.1, -0.05) is 30.3 Å². The van der Waals surface area contributed by atoms with Gasteiger partial charge in [0.1, 0.15) is 0 Å². The van der Waals surface area contributed by atoms with Crippen LogP contribution in [-0.2, 0) is 36.5 Å². The molecular weight excluding hydrogens is 310 g/mol. The first-order valence-electron chi connectivity index (χ1n) is 7.81. The van der Waals surface area contributed by atoms with E-state index in [1.807, 2.05) is 42.1 Å². The number of sulfonamides is 1. The minimum atomic E-state index is -3.48. The second-order valence-electron chi connectivity index (χ2n) is 5.78. The third-order valence-electron chi connectivity index (χ3n) is 4.13. The SMILES string of the molecule is Cn1nc(CNS(=O)(=O)C=Cc2ccccc2)c2c1CCCC2. The van der Waals surface area contributed by atoms with Gasteiger partial charge in [0.2, 0.25) is 10.0 Å². The predicted molar refractivity (Wildman–Crippen MR) is 91.1 cm³/mol. The summed E-state index contributed by atoms with van der Waals surface area (Å²) in [4.78, 5) is 0. The number of hydrogen-bond donors (Lipinski definition) is 1. The van der Waals surface area contributed by atoms with Crippen LogP contribution < -0.4 is 4.72 Å². The molecule has 0 saturated heterocycles. The van der Waals surface area contributed by atoms with E-state index in [0.717, 1.165) is 30.5 Å². The average molecular weight is 331 g/mol. The molecule has 0 saturated carbocycles. The van der Waals surface area contributed by atoms with E-state index in [4.69, 9.17) is 0 Å². The third-order valence-corrected chi connectivity index (χ3v) is 5.17. The standard InChI is InChI=1S/C17H21N3O2S/c1-20-17-10-6-5-9-15(17)16(19-20)13-18-23(21,22)12-11-14-7-3-2-4-8-14/h2-4,7-8,11-12,18H,5-6,9-10,13H2,1H3. The van der Waals surface area contributed by atoms with Crippen LogP contribution >= 0.6 is 0 Å². The summed E-state index contributed by atoms with van der Waals surface area (Å²) < 4.78 is 28.7. The van der Waals surface area contributed by atoms with Crippen LogP contribution in [-0.4, -0.2) is 18.2 Å². The van der Waals surface area contributed by atoms with Crippen LogP contribution in [0.5, 0.6) is 0 Å². The van der Waals surface area contributed by atoms with Gasteiger partial charge in [-0.2, -0.15) is 5.10 Å². The minimum absolute atomic E-state index is 0.241. The highest BCUT2D eigenvalue weighted by molar-refractivity contribution is 7.92. The molecule has 1 aliphatic carbocycles. The fraction of sp³-hybridized carbons (Fsp3) is 0.353. The predicted octanol–water partition coefficient (Wildman–Crippen LogP) is 2.39. The summed E-state index contributed by atoms with van der Waals surface area (Å²) in [5.74, 6) is 0. The van der Waals surface area contributed by atoms with Crippen molar-refractivity contribution in [2.75, 3.05) is 0 Å². The van der Waals surface area contributed by atoms with Crippen molar-refractivity contribution in [3.63, 3.8) is 0 Å². The molecule has 0 unspecified atom stereocenters. The van der Waals surface area contributed by atoms with Crippen molar-refractivity contribution in [3.8, 4) is 0 Å². The highest BCUT2D eigenvalue weighted by atomic mass is 32.2. The molecular formula is C17H21N3O2S. The molecule has 23 heavy (non-hydrogen) atoms. The summed E-state index contributed by atoms with van der Waals surface area (Å²) in [7, 11) is -1.55. The first-order valence-corrected chi connectivity index (χ1v) is 9.36. The molecule has 0 aliphatic heterocycles. The van der Waals surface area contributed by atoms with E-state index in [1.54, 1.807) is 6.08 Å². The van der Waals surface area contributed by atoms with Crippen molar-refractivity contribution in [2.45, 2.75) is 32.2 Å². The second-order valence-corrected chi connectivity index (χ2v) is 7.43. The molecule has 1 aliphatic rings. The molecule has 1 aromatic carbocycles. The summed E-state index contributed by atoms with van der Waals surface area (Å²) >= 11 is 0. The number of hydrogen-bond acceptors (Lipinski definition) is 3. The molecule has 0 fully saturated rings. The van der Waals surface area contributed by atoms with Gasteiger partial charge in [0.25, 0.3) is 0 Å². The van der Waals surface area contributed by atoms with Crippen molar-refractivity contribution < 1.29 is 8.42 Å². The van der Waals surface area contributed by atoms with Gasteiger partial charge in [-0.25, -0.2) is 13.1 Å². The average Bonchev–Trinajstić information content (AvgIpc) is 2.89. The molecule has 0 radical (unpaired) electrons. The molecule has 3 rings (SSSR count). The molecule has 5 nitrogen and oxygen atoms in total. The quantitative estimate of drug-likeness (QED) is 0.915. The van der Waals surface area contributed by atoms with E-state index in [1.165, 1.54) is 23.1 Å². The highest BCUT2D eigenvalue weighted by Gasteiger charge is 2.19. The third kappa shape index (κ3) is 3.89. The second kappa shape index (κ2) is 6.68. The summed E-state index contributed by atoms with van der Waals surface area (Å²) in [5.41, 5.74) is 4.16. The number of fused-ring (bicyclic) bond motifs is 1. The fourth-order valence-corrected chi connectivity index (χ4v) is 3.72. The molecule has 1 heterocycles. The van der Waals surface area contributed by atoms with Gasteiger partial charge in [0, 0.05) is 18.1 Å². The topological polar surface area (TPSA) is 64.0 Å². The Balaban J connectivity index is 1.69. The number of rotatable bonds is 5. The van der Waals surface area contributed by atoms with Gasteiger partial charge in [-0.05, 0) is 42.9 Å². The van der Waals surface area contributed by atoms with Crippen LogP contribution in [0.4, 0.5) is 0 Å². The number of benzene rings is 1. The maximum Gasteiger partial charge on any atom is 0.234 e. The number of aryl methyl sites for hydroxylation is 1. The maximum absolute atomic E-state index is 12.1. The lowest BCUT2D eigenvalue weighted by Gasteiger charge is -2.12. The lowest BCUT2D eigenvalue weighted by molar-refractivity contribution is 0.588. The van der Waals surface area contributed by atoms with Gasteiger partial charge in [0.15, 0.2) is 0 Å². The van der Waals surface area contributed by atoms with Crippen LogP contribution in [0.2, 0.25) is 0 Å². The fourth-order valence-electron chi connectivity index (χ4n) is 2.95. The zero-order chi connectivity index (χ0) is 16.3. The number of aromatic nitrogens is 2. The Bertz CT molecular complexity index is 808. The lowest BCUT2D eigenvalue weighted by Crippen LogP contribution is -2.21. The molecule has 2 aromatic rings. The zero-order valence-electron chi connectivity index (χ0n) is 13.2. The van der Waals surface area contributed by atoms with Crippen LogP contribution in [0, 0.1) is 0 Å². The molecule has 6 heteroatoms. The van der Waals surface area contributed by atoms with Crippen LogP contribution in [0.3, 0.4) is 0 Å². The minimum Gasteiger partial charge on any atom is -0.272 e. The molecule has 1 N–H and O–H groups in total. The van der Waals surface area contributed by atoms with Crippen LogP contribution in [0.15, 0.2) is 35.7 Å². The summed E-state index contributed by atoms with van der Waals surface area (Å²) in [6, 6.07) is 9.37. The Morgan fingerprint density at radius 3 is 2.74 bits per heavy atom. The van der Waals surface area contributed by atoms with Crippen molar-refractivity contribution >= 4 is 16.1 Å². The summed E-state index contributed by atoms with van der Waals surface area (Å²) in [6.45, 7) is 0.241. The van der Waals surface area contributed by atoms with E-state index in [2.05, 4.69) is 9.82 Å². The van der Waals surface area contributed by atoms with Crippen molar-refractivity contribution in [1.29, 1.82) is 0 Å². The van der Waals surface area contributed by atoms with Crippen molar-refractivity contribution in [2.24, 2.45) is 7.05 Å². The monoisotopic (exact) mass is 331 g/mol. The molecule has 1 aromatic heterocycles. The van der Waals surface area contributed by atoms with E-state index >= 15 is 0 Å². The molecule has 0 spiro atoms. The van der Waals surface area contributed by atoms with Crippen molar-refractivity contribution in [3.05, 3.63) is 58.3 Å². The Kier molecular flexibility index (Phi) is 4.63. The number of nitrogens with one attached hydrogen (secondary N) is 1. The van der Waals surface area contributed by atoms with E-state index in [0.29, 0.717) is 0 Å². The van der Waals surface area contributed by atoms with E-state index < -0.39 is 10.0 Å². The highest BCUT2D eigenvalue weighted by Crippen LogP contribution is 2.23. The molecule has 0 amide bonds. The summed E-state index contributed by atoms with van der Waals surface area (Å²) in [6.07, 6.45) is 5.93. The largest absolute Gasteiger partial charge is 0.272 e. The van der Waals surface area contributed by atoms with Gasteiger partial charge >= 0.3 is 0 Å². The van der Waals surface area contributed by atoms with Gasteiger partial charge < -0.3 is 0 Å². The zero-order valence-corrected chi connectivity index (χ0v) is 14.0. The summed E-state index contributed by atoms with van der Waals surface area (Å²) in [5, 5.41) is 5.69. The van der Waals surface area contributed by atoms with Gasteiger partial charge in [0.05, 0.1) is 12.2 Å². The van der Waals surface area contributed by atoms with Gasteiger partial charge in [-0.3, -0.25) is 4.68 Å². The first kappa shape index (κ1) is 16.0. The smallest absolute Gasteiger partial charge is 0.234 e. The van der Waals surface area contributed by atoms with Crippen LogP contribution in [0.25, 0.3) is 6.08 Å². The maximum atomic E-state index is 12.1. The van der Waals surface area contributed by atoms with Crippen LogP contribution in [0.1, 0.15) is 35.4 Å². The van der Waals surface area contributed by atoms with Crippen molar-refractivity contribution in [1.82, 2.24) is 14.5 Å². The van der Waals surface area contributed by atoms with Gasteiger partial charge in [-0.15, -0.1) is 0 Å². The Morgan fingerprint density at radius 2 is 1.96 bits per heavy atom. The Hall–Kier alpha value is -1.92. The molecule has 0 atom stereocenters. The van der Waals surface area contributed by atoms with E-state index in [-0.39, 0.29) is 6.54 Å². The lowest BCUT2D eigenvalue weighted by atomic mass is 9.96.